The first kappa shape index (κ1) is 20.4. The quantitative estimate of drug-likeness (QED) is 0.642. The molecule has 0 atom stereocenters. The minimum atomic E-state index is -1.39. The number of nitrogens with zero attached hydrogens (tertiary/aromatic N) is 2. The molecule has 0 bridgehead atoms. The van der Waals surface area contributed by atoms with Crippen molar-refractivity contribution >= 4 is 16.6 Å². The Morgan fingerprint density at radius 1 is 0.955 bits per heavy atom. The lowest BCUT2D eigenvalue weighted by molar-refractivity contribution is 0.179. The molecular weight excluding hydrogens is 304 g/mol. The fraction of sp³-hybridized carbons (Fsp3) is 1.00. The molecule has 132 valence electrons. The molecule has 1 aliphatic heterocycles. The lowest BCUT2D eigenvalue weighted by atomic mass is 10.2. The van der Waals surface area contributed by atoms with Crippen LogP contribution in [0.3, 0.4) is 0 Å². The van der Waals surface area contributed by atoms with Crippen LogP contribution in [0.5, 0.6) is 0 Å². The molecular formula is C17H40N2OSi2. The second-order valence-electron chi connectivity index (χ2n) is 8.93. The largest absolute Gasteiger partial charge is 0.418 e. The Bertz CT molecular complexity index is 332. The van der Waals surface area contributed by atoms with Crippen molar-refractivity contribution in [1.82, 2.24) is 9.47 Å². The third-order valence-corrected chi connectivity index (χ3v) is 14.1. The molecule has 1 heterocycles. The maximum Gasteiger partial charge on any atom is 0.186 e. The molecule has 0 aromatic carbocycles. The normalized spacial score (nSPS) is 19.6. The van der Waals surface area contributed by atoms with Crippen LogP contribution in [0, 0.1) is 0 Å². The average molecular weight is 345 g/mol. The van der Waals surface area contributed by atoms with Crippen molar-refractivity contribution in [2.75, 3.05) is 39.3 Å². The van der Waals surface area contributed by atoms with E-state index in [0.717, 1.165) is 6.61 Å². The summed E-state index contributed by atoms with van der Waals surface area (Å²) in [5.74, 6) is 0. The maximum absolute atomic E-state index is 5.94. The Morgan fingerprint density at radius 3 is 1.95 bits per heavy atom. The molecule has 0 aromatic rings. The Balaban J connectivity index is 2.35. The molecule has 3 nitrogen and oxygen atoms in total. The average Bonchev–Trinajstić information content (AvgIpc) is 2.37. The van der Waals surface area contributed by atoms with Gasteiger partial charge in [-0.3, -0.25) is 0 Å². The van der Waals surface area contributed by atoms with E-state index >= 15 is 0 Å². The van der Waals surface area contributed by atoms with Crippen LogP contribution in [0.4, 0.5) is 0 Å². The highest BCUT2D eigenvalue weighted by Crippen LogP contribution is 2.38. The Hall–Kier alpha value is 0.314. The zero-order chi connectivity index (χ0) is 17.0. The first-order chi connectivity index (χ1) is 9.99. The van der Waals surface area contributed by atoms with Gasteiger partial charge in [0.2, 0.25) is 0 Å². The van der Waals surface area contributed by atoms with Crippen molar-refractivity contribution in [1.29, 1.82) is 0 Å². The molecule has 5 heteroatoms. The van der Waals surface area contributed by atoms with E-state index in [2.05, 4.69) is 63.3 Å². The molecule has 1 rings (SSSR count). The van der Waals surface area contributed by atoms with Crippen LogP contribution in [-0.4, -0.2) is 65.3 Å². The molecule has 0 saturated carbocycles. The van der Waals surface area contributed by atoms with Crippen molar-refractivity contribution in [3.8, 4) is 0 Å². The molecule has 0 unspecified atom stereocenters. The lowest BCUT2D eigenvalue weighted by Crippen LogP contribution is -2.61. The molecule has 1 fully saturated rings. The third-order valence-electron chi connectivity index (χ3n) is 5.79. The number of rotatable bonds is 7. The highest BCUT2D eigenvalue weighted by Gasteiger charge is 2.41. The molecule has 0 radical (unpaired) electrons. The summed E-state index contributed by atoms with van der Waals surface area (Å²) in [6, 6.07) is 1.29. The monoisotopic (exact) mass is 344 g/mol. The molecule has 1 saturated heterocycles. The van der Waals surface area contributed by atoms with Gasteiger partial charge in [0, 0.05) is 32.8 Å². The molecule has 0 spiro atoms. The van der Waals surface area contributed by atoms with Crippen molar-refractivity contribution in [2.45, 2.75) is 71.4 Å². The summed E-state index contributed by atoms with van der Waals surface area (Å²) in [5.41, 5.74) is 0. The van der Waals surface area contributed by atoms with Crippen LogP contribution in [0.2, 0.25) is 37.3 Å². The fourth-order valence-corrected chi connectivity index (χ4v) is 7.40. The summed E-state index contributed by atoms with van der Waals surface area (Å²) < 4.78 is 8.76. The van der Waals surface area contributed by atoms with E-state index < -0.39 is 16.6 Å². The summed E-state index contributed by atoms with van der Waals surface area (Å²) >= 11 is 0. The SMILES string of the molecule is CCO[Si](C)(C)CCCN1CCN([Si](C)(C)C(C)(C)C)CC1. The van der Waals surface area contributed by atoms with E-state index in [9.17, 15) is 0 Å². The van der Waals surface area contributed by atoms with E-state index in [1.54, 1.807) is 0 Å². The minimum Gasteiger partial charge on any atom is -0.418 e. The number of piperazine rings is 1. The van der Waals surface area contributed by atoms with Gasteiger partial charge >= 0.3 is 0 Å². The van der Waals surface area contributed by atoms with Crippen molar-refractivity contribution in [2.24, 2.45) is 0 Å². The predicted octanol–water partition coefficient (Wildman–Crippen LogP) is 4.24. The molecule has 0 amide bonds. The highest BCUT2D eigenvalue weighted by atomic mass is 28.4. The van der Waals surface area contributed by atoms with Gasteiger partial charge in [-0.2, -0.15) is 0 Å². The first-order valence-corrected chi connectivity index (χ1v) is 15.2. The predicted molar refractivity (Wildman–Crippen MR) is 104 cm³/mol. The van der Waals surface area contributed by atoms with Gasteiger partial charge in [0.15, 0.2) is 8.32 Å². The van der Waals surface area contributed by atoms with Crippen molar-refractivity contribution in [3.05, 3.63) is 0 Å². The van der Waals surface area contributed by atoms with E-state index in [-0.39, 0.29) is 0 Å². The molecule has 0 aliphatic carbocycles. The zero-order valence-electron chi connectivity index (χ0n) is 16.5. The van der Waals surface area contributed by atoms with Gasteiger partial charge in [0.25, 0.3) is 0 Å². The standard InChI is InChI=1S/C17H40N2OSi2/c1-9-20-21(5,6)16-10-11-18-12-14-19(15-13-18)22(7,8)17(2,3)4/h9-16H2,1-8H3. The summed E-state index contributed by atoms with van der Waals surface area (Å²) in [4.78, 5) is 2.67. The van der Waals surface area contributed by atoms with E-state index in [1.165, 1.54) is 45.2 Å². The van der Waals surface area contributed by atoms with Crippen molar-refractivity contribution in [3.63, 3.8) is 0 Å². The minimum absolute atomic E-state index is 0.461. The Kier molecular flexibility index (Phi) is 7.33. The van der Waals surface area contributed by atoms with Gasteiger partial charge in [0.1, 0.15) is 8.24 Å². The van der Waals surface area contributed by atoms with Gasteiger partial charge < -0.3 is 13.9 Å². The topological polar surface area (TPSA) is 15.7 Å². The summed E-state index contributed by atoms with van der Waals surface area (Å²) in [7, 11) is -2.70. The van der Waals surface area contributed by atoms with E-state index in [0.29, 0.717) is 5.04 Å². The number of hydrogen-bond acceptors (Lipinski definition) is 3. The summed E-state index contributed by atoms with van der Waals surface area (Å²) in [6.07, 6.45) is 1.30. The second-order valence-corrected chi connectivity index (χ2v) is 18.5. The molecule has 22 heavy (non-hydrogen) atoms. The van der Waals surface area contributed by atoms with Crippen LogP contribution >= 0.6 is 0 Å². The third kappa shape index (κ3) is 5.75. The maximum atomic E-state index is 5.94. The molecule has 0 aromatic heterocycles. The second kappa shape index (κ2) is 7.92. The summed E-state index contributed by atoms with van der Waals surface area (Å²) in [5, 5.41) is 0.461. The zero-order valence-corrected chi connectivity index (χ0v) is 18.5. The van der Waals surface area contributed by atoms with Gasteiger partial charge in [-0.1, -0.05) is 33.9 Å². The van der Waals surface area contributed by atoms with Crippen LogP contribution in [0.25, 0.3) is 0 Å². The highest BCUT2D eigenvalue weighted by molar-refractivity contribution is 6.77. The van der Waals surface area contributed by atoms with Crippen LogP contribution in [0.1, 0.15) is 34.1 Å². The smallest absolute Gasteiger partial charge is 0.186 e. The van der Waals surface area contributed by atoms with Gasteiger partial charge in [-0.15, -0.1) is 0 Å². The lowest BCUT2D eigenvalue weighted by Gasteiger charge is -2.49. The van der Waals surface area contributed by atoms with Crippen LogP contribution < -0.4 is 0 Å². The van der Waals surface area contributed by atoms with E-state index in [4.69, 9.17) is 4.43 Å². The van der Waals surface area contributed by atoms with Crippen molar-refractivity contribution < 1.29 is 4.43 Å². The fourth-order valence-electron chi connectivity index (χ4n) is 3.20. The molecule has 1 aliphatic rings. The van der Waals surface area contributed by atoms with Gasteiger partial charge in [-0.05, 0) is 44.1 Å². The van der Waals surface area contributed by atoms with Gasteiger partial charge in [0.05, 0.1) is 0 Å². The first-order valence-electron chi connectivity index (χ1n) is 9.11. The van der Waals surface area contributed by atoms with Crippen LogP contribution in [0.15, 0.2) is 0 Å². The van der Waals surface area contributed by atoms with Crippen LogP contribution in [-0.2, 0) is 4.43 Å². The molecule has 0 N–H and O–H groups in total. The van der Waals surface area contributed by atoms with E-state index in [1.807, 2.05) is 0 Å². The van der Waals surface area contributed by atoms with Gasteiger partial charge in [-0.25, -0.2) is 0 Å². The Morgan fingerprint density at radius 2 is 1.50 bits per heavy atom. The number of hydrogen-bond donors (Lipinski definition) is 0. The summed E-state index contributed by atoms with van der Waals surface area (Å²) in [6.45, 7) is 26.4. The Labute approximate surface area is 141 Å².